The molecule has 4 aromatic rings. The van der Waals surface area contributed by atoms with Gasteiger partial charge in [0.15, 0.2) is 5.58 Å². The Morgan fingerprint density at radius 2 is 1.85 bits per heavy atom. The van der Waals surface area contributed by atoms with Crippen LogP contribution in [0.4, 0.5) is 4.39 Å². The molecule has 2 heterocycles. The van der Waals surface area contributed by atoms with Crippen LogP contribution in [-0.4, -0.2) is 42.3 Å². The summed E-state index contributed by atoms with van der Waals surface area (Å²) in [5.41, 5.74) is 4.09. The predicted molar refractivity (Wildman–Crippen MR) is 125 cm³/mol. The summed E-state index contributed by atoms with van der Waals surface area (Å²) in [6.45, 7) is 1.99. The Kier molecular flexibility index (Phi) is 6.53. The van der Waals surface area contributed by atoms with Crippen molar-refractivity contribution >= 4 is 16.9 Å². The summed E-state index contributed by atoms with van der Waals surface area (Å²) in [4.78, 5) is 15.0. The highest BCUT2D eigenvalue weighted by molar-refractivity contribution is 5.86. The maximum atomic E-state index is 13.9. The molecule has 1 aliphatic heterocycles. The highest BCUT2D eigenvalue weighted by Gasteiger charge is 2.19. The van der Waals surface area contributed by atoms with Gasteiger partial charge in [0.25, 0.3) is 0 Å². The highest BCUT2D eigenvalue weighted by Crippen LogP contribution is 2.24. The molecule has 0 atom stereocenters. The van der Waals surface area contributed by atoms with Crippen molar-refractivity contribution in [1.82, 2.24) is 10.1 Å². The molecule has 0 fully saturated rings. The average Bonchev–Trinajstić information content (AvgIpc) is 3.24. The Morgan fingerprint density at radius 3 is 2.79 bits per heavy atom. The highest BCUT2D eigenvalue weighted by atomic mass is 19.1. The van der Waals surface area contributed by atoms with Crippen LogP contribution in [0.5, 0.6) is 5.75 Å². The zero-order valence-electron chi connectivity index (χ0n) is 18.7. The summed E-state index contributed by atoms with van der Waals surface area (Å²) in [5, 5.41) is 4.95. The first-order valence-electron chi connectivity index (χ1n) is 11.3. The molecule has 1 aromatic heterocycles. The second-order valence-electron chi connectivity index (χ2n) is 8.33. The number of aromatic nitrogens is 1. The third-order valence-electron chi connectivity index (χ3n) is 5.90. The first-order chi connectivity index (χ1) is 16.7. The number of ether oxygens (including phenoxy) is 2. The lowest BCUT2D eigenvalue weighted by Gasteiger charge is -2.23. The number of para-hydroxylation sites is 1. The van der Waals surface area contributed by atoms with Crippen LogP contribution in [0.25, 0.3) is 11.0 Å². The number of benzene rings is 3. The lowest BCUT2D eigenvalue weighted by molar-refractivity contribution is -0.132. The fourth-order valence-electron chi connectivity index (χ4n) is 4.21. The Balaban J connectivity index is 1.39. The number of hydrogen-bond acceptors (Lipinski definition) is 5. The van der Waals surface area contributed by atoms with E-state index in [9.17, 15) is 9.18 Å². The Hall–Kier alpha value is -3.71. The average molecular weight is 461 g/mol. The quantitative estimate of drug-likeness (QED) is 0.440. The number of halogens is 1. The van der Waals surface area contributed by atoms with Gasteiger partial charge in [0.1, 0.15) is 23.9 Å². The van der Waals surface area contributed by atoms with Crippen LogP contribution in [-0.2, 0) is 28.9 Å². The molecule has 0 saturated carbocycles. The molecule has 7 heteroatoms. The summed E-state index contributed by atoms with van der Waals surface area (Å²) >= 11 is 0. The summed E-state index contributed by atoms with van der Waals surface area (Å²) in [6, 6.07) is 20.1. The van der Waals surface area contributed by atoms with E-state index in [0.717, 1.165) is 22.1 Å². The van der Waals surface area contributed by atoms with Crippen molar-refractivity contribution in [3.05, 3.63) is 94.9 Å². The molecule has 2 bridgehead atoms. The predicted octanol–water partition coefficient (Wildman–Crippen LogP) is 4.54. The normalized spacial score (nSPS) is 14.8. The second kappa shape index (κ2) is 10.1. The van der Waals surface area contributed by atoms with Gasteiger partial charge >= 0.3 is 0 Å². The molecule has 5 rings (SSSR count). The van der Waals surface area contributed by atoms with Crippen molar-refractivity contribution in [3.63, 3.8) is 0 Å². The van der Waals surface area contributed by atoms with Crippen LogP contribution in [0, 0.1) is 5.82 Å². The first-order valence-corrected chi connectivity index (χ1v) is 11.3. The van der Waals surface area contributed by atoms with E-state index in [4.69, 9.17) is 14.0 Å². The molecule has 174 valence electrons. The van der Waals surface area contributed by atoms with Gasteiger partial charge in [-0.3, -0.25) is 4.79 Å². The molecule has 1 amide bonds. The molecule has 0 aliphatic carbocycles. The second-order valence-corrected chi connectivity index (χ2v) is 8.33. The molecular formula is C27H25FN2O4. The lowest BCUT2D eigenvalue weighted by Crippen LogP contribution is -2.35. The number of nitrogens with zero attached hydrogens (tertiary/aromatic N) is 2. The molecule has 3 aromatic carbocycles. The van der Waals surface area contributed by atoms with Gasteiger partial charge in [-0.05, 0) is 41.5 Å². The van der Waals surface area contributed by atoms with E-state index in [1.165, 1.54) is 12.1 Å². The molecule has 0 radical (unpaired) electrons. The first kappa shape index (κ1) is 22.1. The van der Waals surface area contributed by atoms with E-state index in [2.05, 4.69) is 5.16 Å². The third-order valence-corrected chi connectivity index (χ3v) is 5.90. The lowest BCUT2D eigenvalue weighted by atomic mass is 10.0. The number of carbonyl (C=O) groups is 1. The van der Waals surface area contributed by atoms with Gasteiger partial charge in [-0.15, -0.1) is 0 Å². The maximum absolute atomic E-state index is 13.9. The Bertz CT molecular complexity index is 1300. The minimum Gasteiger partial charge on any atom is -0.491 e. The van der Waals surface area contributed by atoms with Gasteiger partial charge in [-0.25, -0.2) is 4.39 Å². The molecular weight excluding hydrogens is 435 g/mol. The van der Waals surface area contributed by atoms with Crippen molar-refractivity contribution in [1.29, 1.82) is 0 Å². The van der Waals surface area contributed by atoms with Crippen LogP contribution in [0.2, 0.25) is 0 Å². The smallest absolute Gasteiger partial charge is 0.229 e. The monoisotopic (exact) mass is 460 g/mol. The topological polar surface area (TPSA) is 64.8 Å². The molecule has 0 saturated heterocycles. The number of amides is 1. The molecule has 0 spiro atoms. The van der Waals surface area contributed by atoms with Crippen molar-refractivity contribution in [3.8, 4) is 5.75 Å². The summed E-state index contributed by atoms with van der Waals surface area (Å²) in [7, 11) is 0. The van der Waals surface area contributed by atoms with Crippen molar-refractivity contribution < 1.29 is 23.2 Å². The van der Waals surface area contributed by atoms with E-state index >= 15 is 0 Å². The largest absolute Gasteiger partial charge is 0.491 e. The van der Waals surface area contributed by atoms with Crippen LogP contribution >= 0.6 is 0 Å². The van der Waals surface area contributed by atoms with Crippen molar-refractivity contribution in [2.75, 3.05) is 26.4 Å². The number of hydrogen-bond donors (Lipinski definition) is 0. The van der Waals surface area contributed by atoms with Gasteiger partial charge in [-0.2, -0.15) is 0 Å². The van der Waals surface area contributed by atoms with Gasteiger partial charge in [0, 0.05) is 30.5 Å². The van der Waals surface area contributed by atoms with Gasteiger partial charge < -0.3 is 18.9 Å². The van der Waals surface area contributed by atoms with E-state index in [1.54, 1.807) is 11.0 Å². The minimum atomic E-state index is -0.298. The number of carbonyl (C=O) groups excluding carboxylic acids is 1. The Labute approximate surface area is 196 Å². The summed E-state index contributed by atoms with van der Waals surface area (Å²) in [6.07, 6.45) is 0.674. The molecule has 6 nitrogen and oxygen atoms in total. The fraction of sp³-hybridized carbons (Fsp3) is 0.259. The number of rotatable bonds is 2. The van der Waals surface area contributed by atoms with E-state index in [0.29, 0.717) is 56.4 Å². The van der Waals surface area contributed by atoms with Crippen LogP contribution in [0.1, 0.15) is 22.4 Å². The summed E-state index contributed by atoms with van der Waals surface area (Å²) < 4.78 is 30.9. The van der Waals surface area contributed by atoms with Gasteiger partial charge in [0.2, 0.25) is 5.91 Å². The van der Waals surface area contributed by atoms with E-state index < -0.39 is 0 Å². The third kappa shape index (κ3) is 5.10. The van der Waals surface area contributed by atoms with E-state index in [-0.39, 0.29) is 18.1 Å². The standard InChI is InChI=1S/C27H25FN2O4/c28-22-8-9-25-21(16-22)15-19-4-3-5-20(14-19)18-30(10-11-32-12-13-33-25)27(31)17-24-23-6-1-2-7-26(23)34-29-24/h1-9,14,16H,10-13,15,17-18H2. The fourth-order valence-corrected chi connectivity index (χ4v) is 4.21. The SMILES string of the molecule is O=C(Cc1noc2ccccc12)N1CCOCCOc2ccc(F)cc2Cc2cccc(c2)C1. The Morgan fingerprint density at radius 1 is 0.971 bits per heavy atom. The molecule has 1 aliphatic rings. The van der Waals surface area contributed by atoms with Gasteiger partial charge in [0.05, 0.1) is 19.6 Å². The van der Waals surface area contributed by atoms with Crippen LogP contribution in [0.15, 0.2) is 71.3 Å². The van der Waals surface area contributed by atoms with Crippen LogP contribution < -0.4 is 4.74 Å². The van der Waals surface area contributed by atoms with Crippen LogP contribution in [0.3, 0.4) is 0 Å². The van der Waals surface area contributed by atoms with Gasteiger partial charge in [-0.1, -0.05) is 41.6 Å². The maximum Gasteiger partial charge on any atom is 0.229 e. The van der Waals surface area contributed by atoms with E-state index in [1.807, 2.05) is 48.5 Å². The summed E-state index contributed by atoms with van der Waals surface area (Å²) in [5.74, 6) is 0.306. The minimum absolute atomic E-state index is 0.0520. The van der Waals surface area contributed by atoms with Crippen molar-refractivity contribution in [2.24, 2.45) is 0 Å². The molecule has 0 unspecified atom stereocenters. The number of fused-ring (bicyclic) bond motifs is 4. The zero-order valence-corrected chi connectivity index (χ0v) is 18.7. The molecule has 0 N–H and O–H groups in total. The van der Waals surface area contributed by atoms with Crippen molar-refractivity contribution in [2.45, 2.75) is 19.4 Å². The zero-order chi connectivity index (χ0) is 23.3. The molecule has 34 heavy (non-hydrogen) atoms.